The Morgan fingerprint density at radius 3 is 2.12 bits per heavy atom. The number of benzene rings is 1. The number of unbranched alkanes of at least 4 members (excludes halogenated alkanes) is 7. The standard InChI is InChI=1S/C23H38N2/c1-4-5-6-7-8-9-10-14-17-24-18-19-25(21(2)3)23(24)20-22-15-12-11-13-16-22/h11-13,15-16,18-19,21,23H,4-10,14,17,20H2,1-3H3. The fourth-order valence-corrected chi connectivity index (χ4v) is 3.75. The lowest BCUT2D eigenvalue weighted by molar-refractivity contribution is 0.125. The van der Waals surface area contributed by atoms with Crippen LogP contribution in [0.2, 0.25) is 0 Å². The predicted octanol–water partition coefficient (Wildman–Crippen LogP) is 6.19. The van der Waals surface area contributed by atoms with E-state index >= 15 is 0 Å². The van der Waals surface area contributed by atoms with Gasteiger partial charge in [-0.1, -0.05) is 82.2 Å². The van der Waals surface area contributed by atoms with Crippen molar-refractivity contribution in [1.29, 1.82) is 0 Å². The van der Waals surface area contributed by atoms with E-state index in [0.29, 0.717) is 12.2 Å². The van der Waals surface area contributed by atoms with E-state index in [2.05, 4.69) is 73.3 Å². The second-order valence-electron chi connectivity index (χ2n) is 7.72. The highest BCUT2D eigenvalue weighted by atomic mass is 15.4. The van der Waals surface area contributed by atoms with E-state index in [9.17, 15) is 0 Å². The van der Waals surface area contributed by atoms with Gasteiger partial charge in [0.1, 0.15) is 6.17 Å². The summed E-state index contributed by atoms with van der Waals surface area (Å²) in [7, 11) is 0. The number of hydrogen-bond acceptors (Lipinski definition) is 2. The minimum absolute atomic E-state index is 0.479. The highest BCUT2D eigenvalue weighted by Crippen LogP contribution is 2.23. The van der Waals surface area contributed by atoms with Crippen LogP contribution in [-0.2, 0) is 6.42 Å². The van der Waals surface area contributed by atoms with E-state index in [0.717, 1.165) is 6.42 Å². The molecule has 1 aliphatic heterocycles. The molecule has 0 aromatic heterocycles. The molecule has 0 radical (unpaired) electrons. The smallest absolute Gasteiger partial charge is 0.105 e. The minimum atomic E-state index is 0.479. The van der Waals surface area contributed by atoms with Gasteiger partial charge in [-0.25, -0.2) is 0 Å². The molecule has 0 spiro atoms. The van der Waals surface area contributed by atoms with Crippen molar-refractivity contribution in [1.82, 2.24) is 9.80 Å². The van der Waals surface area contributed by atoms with E-state index in [1.54, 1.807) is 0 Å². The van der Waals surface area contributed by atoms with E-state index in [1.807, 2.05) is 0 Å². The molecule has 0 aliphatic carbocycles. The van der Waals surface area contributed by atoms with E-state index < -0.39 is 0 Å². The van der Waals surface area contributed by atoms with Gasteiger partial charge in [0, 0.05) is 31.4 Å². The van der Waals surface area contributed by atoms with Gasteiger partial charge in [-0.2, -0.15) is 0 Å². The SMILES string of the molecule is CCCCCCCCCCN1C=CN(C(C)C)C1Cc1ccccc1. The number of nitrogens with zero attached hydrogens (tertiary/aromatic N) is 2. The maximum atomic E-state index is 2.56. The van der Waals surface area contributed by atoms with Crippen LogP contribution in [-0.4, -0.2) is 28.6 Å². The van der Waals surface area contributed by atoms with Crippen LogP contribution in [0.3, 0.4) is 0 Å². The molecule has 0 bridgehead atoms. The average Bonchev–Trinajstić information content (AvgIpc) is 3.01. The molecule has 25 heavy (non-hydrogen) atoms. The van der Waals surface area contributed by atoms with Crippen molar-refractivity contribution < 1.29 is 0 Å². The first-order valence-corrected chi connectivity index (χ1v) is 10.5. The van der Waals surface area contributed by atoms with Crippen LogP contribution in [0.25, 0.3) is 0 Å². The van der Waals surface area contributed by atoms with Crippen molar-refractivity contribution in [3.63, 3.8) is 0 Å². The Kier molecular flexibility index (Phi) is 8.93. The predicted molar refractivity (Wildman–Crippen MR) is 109 cm³/mol. The van der Waals surface area contributed by atoms with Gasteiger partial charge in [-0.05, 0) is 25.8 Å². The first kappa shape index (κ1) is 19.9. The summed E-state index contributed by atoms with van der Waals surface area (Å²) in [5, 5.41) is 0. The normalized spacial score (nSPS) is 17.0. The molecule has 1 aliphatic rings. The highest BCUT2D eigenvalue weighted by molar-refractivity contribution is 5.17. The molecule has 0 N–H and O–H groups in total. The lowest BCUT2D eigenvalue weighted by Gasteiger charge is -2.35. The molecule has 0 saturated carbocycles. The quantitative estimate of drug-likeness (QED) is 0.418. The average molecular weight is 343 g/mol. The number of rotatable bonds is 12. The van der Waals surface area contributed by atoms with Crippen LogP contribution in [0.15, 0.2) is 42.7 Å². The monoisotopic (exact) mass is 342 g/mol. The molecule has 2 heteroatoms. The molecule has 1 aromatic carbocycles. The topological polar surface area (TPSA) is 6.48 Å². The summed E-state index contributed by atoms with van der Waals surface area (Å²) in [6, 6.07) is 11.5. The summed E-state index contributed by atoms with van der Waals surface area (Å²) in [5.41, 5.74) is 1.43. The zero-order valence-corrected chi connectivity index (χ0v) is 16.7. The third kappa shape index (κ3) is 6.76. The van der Waals surface area contributed by atoms with Gasteiger partial charge in [0.15, 0.2) is 0 Å². The van der Waals surface area contributed by atoms with Gasteiger partial charge in [-0.15, -0.1) is 0 Å². The molecular weight excluding hydrogens is 304 g/mol. The summed E-state index contributed by atoms with van der Waals surface area (Å²) in [4.78, 5) is 5.07. The Bertz CT molecular complexity index is 480. The molecular formula is C23H38N2. The van der Waals surface area contributed by atoms with E-state index in [4.69, 9.17) is 0 Å². The molecule has 2 nitrogen and oxygen atoms in total. The van der Waals surface area contributed by atoms with Crippen molar-refractivity contribution in [3.05, 3.63) is 48.3 Å². The lowest BCUT2D eigenvalue weighted by atomic mass is 10.1. The van der Waals surface area contributed by atoms with Crippen molar-refractivity contribution in [2.24, 2.45) is 0 Å². The summed E-state index contributed by atoms with van der Waals surface area (Å²) < 4.78 is 0. The minimum Gasteiger partial charge on any atom is -0.356 e. The second-order valence-corrected chi connectivity index (χ2v) is 7.72. The maximum absolute atomic E-state index is 2.56. The molecule has 2 rings (SSSR count). The molecule has 0 amide bonds. The van der Waals surface area contributed by atoms with Gasteiger partial charge in [0.2, 0.25) is 0 Å². The van der Waals surface area contributed by atoms with Gasteiger partial charge >= 0.3 is 0 Å². The van der Waals surface area contributed by atoms with Crippen molar-refractivity contribution in [3.8, 4) is 0 Å². The van der Waals surface area contributed by atoms with Crippen LogP contribution in [0.5, 0.6) is 0 Å². The van der Waals surface area contributed by atoms with Crippen LogP contribution in [0, 0.1) is 0 Å². The maximum Gasteiger partial charge on any atom is 0.105 e. The van der Waals surface area contributed by atoms with Gasteiger partial charge in [0.25, 0.3) is 0 Å². The summed E-state index contributed by atoms with van der Waals surface area (Å²) in [5.74, 6) is 0. The Labute approximate surface area is 155 Å². The fraction of sp³-hybridized carbons (Fsp3) is 0.652. The first-order valence-electron chi connectivity index (χ1n) is 10.5. The zero-order valence-electron chi connectivity index (χ0n) is 16.7. The summed E-state index contributed by atoms with van der Waals surface area (Å²) in [6.45, 7) is 8.06. The van der Waals surface area contributed by atoms with Crippen molar-refractivity contribution in [2.45, 2.75) is 90.8 Å². The molecule has 0 fully saturated rings. The summed E-state index contributed by atoms with van der Waals surface area (Å²) in [6.07, 6.45) is 17.3. The Morgan fingerprint density at radius 1 is 0.840 bits per heavy atom. The van der Waals surface area contributed by atoms with Gasteiger partial charge in [-0.3, -0.25) is 0 Å². The van der Waals surface area contributed by atoms with Crippen LogP contribution in [0.1, 0.15) is 77.7 Å². The Balaban J connectivity index is 1.75. The van der Waals surface area contributed by atoms with E-state index in [-0.39, 0.29) is 0 Å². The van der Waals surface area contributed by atoms with Crippen molar-refractivity contribution >= 4 is 0 Å². The first-order chi connectivity index (χ1) is 12.2. The molecule has 0 saturated heterocycles. The zero-order chi connectivity index (χ0) is 17.9. The Morgan fingerprint density at radius 2 is 1.48 bits per heavy atom. The Hall–Kier alpha value is -1.44. The van der Waals surface area contributed by atoms with Gasteiger partial charge in [0.05, 0.1) is 0 Å². The third-order valence-corrected chi connectivity index (χ3v) is 5.28. The molecule has 140 valence electrons. The molecule has 1 unspecified atom stereocenters. The fourth-order valence-electron chi connectivity index (χ4n) is 3.75. The molecule has 1 atom stereocenters. The van der Waals surface area contributed by atoms with E-state index in [1.165, 1.54) is 63.5 Å². The van der Waals surface area contributed by atoms with Crippen molar-refractivity contribution in [2.75, 3.05) is 6.54 Å². The molecule has 1 heterocycles. The lowest BCUT2D eigenvalue weighted by Crippen LogP contribution is -2.43. The van der Waals surface area contributed by atoms with Crippen LogP contribution < -0.4 is 0 Å². The van der Waals surface area contributed by atoms with Crippen LogP contribution in [0.4, 0.5) is 0 Å². The highest BCUT2D eigenvalue weighted by Gasteiger charge is 2.27. The third-order valence-electron chi connectivity index (χ3n) is 5.28. The number of hydrogen-bond donors (Lipinski definition) is 0. The second kappa shape index (κ2) is 11.2. The summed E-state index contributed by atoms with van der Waals surface area (Å²) >= 11 is 0. The largest absolute Gasteiger partial charge is 0.356 e. The van der Waals surface area contributed by atoms with Gasteiger partial charge < -0.3 is 9.80 Å². The van der Waals surface area contributed by atoms with Crippen LogP contribution >= 0.6 is 0 Å². The molecule has 1 aromatic rings.